The number of nitrogens with zero attached hydrogens (tertiary/aromatic N) is 1. The van der Waals surface area contributed by atoms with E-state index in [1.165, 1.54) is 4.90 Å². The molecule has 1 fully saturated rings. The molecule has 0 saturated carbocycles. The molecule has 0 radical (unpaired) electrons. The van der Waals surface area contributed by atoms with Crippen LogP contribution in [0.25, 0.3) is 0 Å². The average Bonchev–Trinajstić information content (AvgIpc) is 2.72. The van der Waals surface area contributed by atoms with Gasteiger partial charge in [-0.3, -0.25) is 9.59 Å². The van der Waals surface area contributed by atoms with Gasteiger partial charge in [-0.1, -0.05) is 31.2 Å². The van der Waals surface area contributed by atoms with Gasteiger partial charge < -0.3 is 4.74 Å². The van der Waals surface area contributed by atoms with E-state index in [2.05, 4.69) is 0 Å². The summed E-state index contributed by atoms with van der Waals surface area (Å²) in [5.74, 6) is -0.0368. The highest BCUT2D eigenvalue weighted by Gasteiger charge is 2.50. The number of imide groups is 1. The fraction of sp³-hybridized carbons (Fsp3) is 0.375. The second-order valence-electron chi connectivity index (χ2n) is 5.34. The van der Waals surface area contributed by atoms with Crippen LogP contribution in [0.2, 0.25) is 0 Å². The maximum atomic E-state index is 12.6. The molecule has 3 rings (SSSR count). The van der Waals surface area contributed by atoms with Gasteiger partial charge in [-0.2, -0.15) is 0 Å². The minimum Gasteiger partial charge on any atom is -0.495 e. The fourth-order valence-corrected chi connectivity index (χ4v) is 3.20. The fourth-order valence-electron chi connectivity index (χ4n) is 3.20. The van der Waals surface area contributed by atoms with Crippen molar-refractivity contribution >= 4 is 17.5 Å². The van der Waals surface area contributed by atoms with E-state index in [9.17, 15) is 9.59 Å². The molecule has 104 valence electrons. The number of anilines is 1. The smallest absolute Gasteiger partial charge is 0.238 e. The van der Waals surface area contributed by atoms with Crippen molar-refractivity contribution in [3.63, 3.8) is 0 Å². The van der Waals surface area contributed by atoms with Gasteiger partial charge in [0, 0.05) is 0 Å². The number of ether oxygens (including phenoxy) is 1. The van der Waals surface area contributed by atoms with E-state index in [1.54, 1.807) is 19.2 Å². The van der Waals surface area contributed by atoms with Crippen LogP contribution in [0.4, 0.5) is 5.69 Å². The summed E-state index contributed by atoms with van der Waals surface area (Å²) in [5.41, 5.74) is 0.548. The molecule has 0 spiro atoms. The number of fused-ring (bicyclic) bond motifs is 1. The Morgan fingerprint density at radius 3 is 2.65 bits per heavy atom. The number of methoxy groups -OCH3 is 1. The lowest BCUT2D eigenvalue weighted by Crippen LogP contribution is -2.31. The monoisotopic (exact) mass is 271 g/mol. The minimum absolute atomic E-state index is 0.102. The third-order valence-corrected chi connectivity index (χ3v) is 4.20. The zero-order chi connectivity index (χ0) is 14.3. The lowest BCUT2D eigenvalue weighted by Gasteiger charge is -2.22. The molecule has 1 aliphatic heterocycles. The first-order chi connectivity index (χ1) is 9.65. The Balaban J connectivity index is 2.04. The van der Waals surface area contributed by atoms with E-state index >= 15 is 0 Å². The molecule has 2 aliphatic rings. The molecule has 0 bridgehead atoms. The molecule has 0 unspecified atom stereocenters. The van der Waals surface area contributed by atoms with Crippen molar-refractivity contribution in [3.05, 3.63) is 36.4 Å². The van der Waals surface area contributed by atoms with Crippen LogP contribution in [0, 0.1) is 17.8 Å². The van der Waals surface area contributed by atoms with Crippen molar-refractivity contribution in [2.45, 2.75) is 13.3 Å². The highest BCUT2D eigenvalue weighted by atomic mass is 16.5. The molecule has 1 aliphatic carbocycles. The van der Waals surface area contributed by atoms with Gasteiger partial charge >= 0.3 is 0 Å². The molecular weight excluding hydrogens is 254 g/mol. The predicted molar refractivity (Wildman–Crippen MR) is 75.4 cm³/mol. The number of hydrogen-bond acceptors (Lipinski definition) is 3. The highest BCUT2D eigenvalue weighted by molar-refractivity contribution is 6.23. The van der Waals surface area contributed by atoms with Gasteiger partial charge in [0.25, 0.3) is 0 Å². The molecule has 1 aromatic rings. The van der Waals surface area contributed by atoms with Gasteiger partial charge in [-0.05, 0) is 24.5 Å². The van der Waals surface area contributed by atoms with Crippen molar-refractivity contribution < 1.29 is 14.3 Å². The molecule has 2 amide bonds. The number of hydrogen-bond donors (Lipinski definition) is 0. The van der Waals surface area contributed by atoms with E-state index in [4.69, 9.17) is 4.74 Å². The summed E-state index contributed by atoms with van der Waals surface area (Å²) in [6.07, 6.45) is 4.67. The Morgan fingerprint density at radius 1 is 1.20 bits per heavy atom. The maximum Gasteiger partial charge on any atom is 0.238 e. The van der Waals surface area contributed by atoms with Crippen LogP contribution in [-0.2, 0) is 9.59 Å². The summed E-state index contributed by atoms with van der Waals surface area (Å²) in [7, 11) is 1.54. The number of carbonyl (C=O) groups excluding carboxylic acids is 2. The Labute approximate surface area is 118 Å². The van der Waals surface area contributed by atoms with E-state index in [0.29, 0.717) is 17.9 Å². The summed E-state index contributed by atoms with van der Waals surface area (Å²) in [6.45, 7) is 1.99. The molecule has 1 heterocycles. The summed E-state index contributed by atoms with van der Waals surface area (Å²) in [4.78, 5) is 26.5. The molecule has 3 atom stereocenters. The van der Waals surface area contributed by atoms with E-state index in [0.717, 1.165) is 0 Å². The second-order valence-corrected chi connectivity index (χ2v) is 5.34. The first-order valence-electron chi connectivity index (χ1n) is 6.82. The first-order valence-corrected chi connectivity index (χ1v) is 6.82. The SMILES string of the molecule is COc1ccccc1N1C(=O)[C@@H]2[C@H](C)C=CC[C@@H]2C1=O. The van der Waals surface area contributed by atoms with Crippen LogP contribution in [-0.4, -0.2) is 18.9 Å². The summed E-state index contributed by atoms with van der Waals surface area (Å²) in [5, 5.41) is 0. The number of rotatable bonds is 2. The van der Waals surface area contributed by atoms with Crippen molar-refractivity contribution in [2.75, 3.05) is 12.0 Å². The Bertz CT molecular complexity index is 593. The Morgan fingerprint density at radius 2 is 1.95 bits per heavy atom. The number of benzene rings is 1. The lowest BCUT2D eigenvalue weighted by molar-refractivity contribution is -0.122. The number of carbonyl (C=O) groups is 2. The first kappa shape index (κ1) is 12.9. The van der Waals surface area contributed by atoms with Gasteiger partial charge in [0.15, 0.2) is 0 Å². The van der Waals surface area contributed by atoms with E-state index < -0.39 is 0 Å². The average molecular weight is 271 g/mol. The molecule has 20 heavy (non-hydrogen) atoms. The summed E-state index contributed by atoms with van der Waals surface area (Å²) in [6, 6.07) is 7.15. The summed E-state index contributed by atoms with van der Waals surface area (Å²) < 4.78 is 5.27. The van der Waals surface area contributed by atoms with Gasteiger partial charge in [-0.15, -0.1) is 0 Å². The maximum absolute atomic E-state index is 12.6. The van der Waals surface area contributed by atoms with Crippen LogP contribution in [0.1, 0.15) is 13.3 Å². The topological polar surface area (TPSA) is 46.6 Å². The molecular formula is C16H17NO3. The van der Waals surface area contributed by atoms with Crippen molar-refractivity contribution in [1.82, 2.24) is 0 Å². The number of amides is 2. The highest BCUT2D eigenvalue weighted by Crippen LogP contribution is 2.42. The molecule has 1 aromatic carbocycles. The molecule has 0 N–H and O–H groups in total. The Hall–Kier alpha value is -2.10. The predicted octanol–water partition coefficient (Wildman–Crippen LogP) is 2.40. The zero-order valence-corrected chi connectivity index (χ0v) is 11.6. The molecule has 4 nitrogen and oxygen atoms in total. The zero-order valence-electron chi connectivity index (χ0n) is 11.6. The van der Waals surface area contributed by atoms with E-state index in [-0.39, 0.29) is 29.6 Å². The van der Waals surface area contributed by atoms with E-state index in [1.807, 2.05) is 31.2 Å². The third-order valence-electron chi connectivity index (χ3n) is 4.20. The van der Waals surface area contributed by atoms with Crippen molar-refractivity contribution in [2.24, 2.45) is 17.8 Å². The Kier molecular flexibility index (Phi) is 3.08. The second kappa shape index (κ2) is 4.78. The third kappa shape index (κ3) is 1.75. The number of allylic oxidation sites excluding steroid dienone is 2. The molecule has 4 heteroatoms. The lowest BCUT2D eigenvalue weighted by atomic mass is 9.78. The number of para-hydroxylation sites is 2. The quantitative estimate of drug-likeness (QED) is 0.613. The van der Waals surface area contributed by atoms with Crippen molar-refractivity contribution in [3.8, 4) is 5.75 Å². The van der Waals surface area contributed by atoms with Crippen LogP contribution in [0.5, 0.6) is 5.75 Å². The van der Waals surface area contributed by atoms with Gasteiger partial charge in [0.2, 0.25) is 11.8 Å². The van der Waals surface area contributed by atoms with Crippen LogP contribution in [0.15, 0.2) is 36.4 Å². The van der Waals surface area contributed by atoms with Crippen LogP contribution >= 0.6 is 0 Å². The van der Waals surface area contributed by atoms with Crippen molar-refractivity contribution in [1.29, 1.82) is 0 Å². The summed E-state index contributed by atoms with van der Waals surface area (Å²) >= 11 is 0. The molecule has 1 saturated heterocycles. The van der Waals surface area contributed by atoms with Gasteiger partial charge in [-0.25, -0.2) is 4.90 Å². The minimum atomic E-state index is -0.239. The van der Waals surface area contributed by atoms with Gasteiger partial charge in [0.1, 0.15) is 5.75 Å². The van der Waals surface area contributed by atoms with Crippen LogP contribution < -0.4 is 9.64 Å². The standard InChI is InChI=1S/C16H17NO3/c1-10-6-5-7-11-14(10)16(19)17(15(11)18)12-8-3-4-9-13(12)20-2/h3-6,8-11,14H,7H2,1-2H3/t10-,11+,14-/m1/s1. The molecule has 0 aromatic heterocycles. The van der Waals surface area contributed by atoms with Crippen LogP contribution in [0.3, 0.4) is 0 Å². The largest absolute Gasteiger partial charge is 0.495 e. The van der Waals surface area contributed by atoms with Gasteiger partial charge in [0.05, 0.1) is 24.6 Å². The normalized spacial score (nSPS) is 28.7.